The molecule has 0 aliphatic carbocycles. The van der Waals surface area contributed by atoms with Gasteiger partial charge in [0.05, 0.1) is 26.3 Å². The zero-order chi connectivity index (χ0) is 16.4. The van der Waals surface area contributed by atoms with Crippen LogP contribution in [0.2, 0.25) is 10.0 Å². The Bertz CT molecular complexity index is 877. The summed E-state index contributed by atoms with van der Waals surface area (Å²) in [6.07, 6.45) is 0. The van der Waals surface area contributed by atoms with Crippen LogP contribution in [-0.2, 0) is 0 Å². The maximum absolute atomic E-state index is 12.5. The SMILES string of the molecule is Nc1ccccc1Nc1ccc(C(=O)c2sccc2Cl)c(Cl)c1. The van der Waals surface area contributed by atoms with Crippen molar-refractivity contribution in [1.29, 1.82) is 0 Å². The van der Waals surface area contributed by atoms with Crippen molar-refractivity contribution >= 4 is 57.4 Å². The molecule has 0 fully saturated rings. The maximum atomic E-state index is 12.5. The van der Waals surface area contributed by atoms with Gasteiger partial charge in [-0.15, -0.1) is 11.3 Å². The second-order valence-electron chi connectivity index (χ2n) is 4.83. The lowest BCUT2D eigenvalue weighted by Crippen LogP contribution is -2.02. The molecule has 3 N–H and O–H groups in total. The Morgan fingerprint density at radius 1 is 1.04 bits per heavy atom. The van der Waals surface area contributed by atoms with E-state index >= 15 is 0 Å². The molecule has 0 bridgehead atoms. The fraction of sp³-hybridized carbons (Fsp3) is 0. The molecule has 0 saturated heterocycles. The van der Waals surface area contributed by atoms with Gasteiger partial charge in [-0.1, -0.05) is 35.3 Å². The molecular formula is C17H12Cl2N2OS. The van der Waals surface area contributed by atoms with Gasteiger partial charge < -0.3 is 11.1 Å². The Balaban J connectivity index is 1.88. The number of halogens is 2. The van der Waals surface area contributed by atoms with Gasteiger partial charge in [-0.25, -0.2) is 0 Å². The molecular weight excluding hydrogens is 351 g/mol. The first-order chi connectivity index (χ1) is 11.1. The Morgan fingerprint density at radius 2 is 1.83 bits per heavy atom. The minimum absolute atomic E-state index is 0.180. The van der Waals surface area contributed by atoms with Crippen molar-refractivity contribution in [3.8, 4) is 0 Å². The fourth-order valence-corrected chi connectivity index (χ4v) is 3.48. The van der Waals surface area contributed by atoms with Crippen molar-refractivity contribution in [2.45, 2.75) is 0 Å². The van der Waals surface area contributed by atoms with Crippen LogP contribution in [0.1, 0.15) is 15.2 Å². The number of hydrogen-bond acceptors (Lipinski definition) is 4. The molecule has 3 nitrogen and oxygen atoms in total. The summed E-state index contributed by atoms with van der Waals surface area (Å²) in [4.78, 5) is 13.0. The molecule has 1 aromatic heterocycles. The van der Waals surface area contributed by atoms with Crippen LogP contribution in [0.15, 0.2) is 53.9 Å². The molecule has 3 rings (SSSR count). The highest BCUT2D eigenvalue weighted by atomic mass is 35.5. The third-order valence-corrected chi connectivity index (χ3v) is 4.93. The van der Waals surface area contributed by atoms with E-state index in [-0.39, 0.29) is 5.78 Å². The summed E-state index contributed by atoms with van der Waals surface area (Å²) in [7, 11) is 0. The van der Waals surface area contributed by atoms with Crippen molar-refractivity contribution in [2.75, 3.05) is 11.1 Å². The van der Waals surface area contributed by atoms with Crippen LogP contribution >= 0.6 is 34.5 Å². The Kier molecular flexibility index (Phi) is 4.57. The summed E-state index contributed by atoms with van der Waals surface area (Å²) in [5, 5.41) is 5.76. The second kappa shape index (κ2) is 6.62. The monoisotopic (exact) mass is 362 g/mol. The van der Waals surface area contributed by atoms with E-state index in [9.17, 15) is 4.79 Å². The van der Waals surface area contributed by atoms with Crippen molar-refractivity contribution in [3.63, 3.8) is 0 Å². The molecule has 2 aromatic carbocycles. The summed E-state index contributed by atoms with van der Waals surface area (Å²) >= 11 is 13.6. The number of benzene rings is 2. The fourth-order valence-electron chi connectivity index (χ4n) is 2.12. The van der Waals surface area contributed by atoms with E-state index in [2.05, 4.69) is 5.32 Å². The van der Waals surface area contributed by atoms with E-state index in [4.69, 9.17) is 28.9 Å². The normalized spacial score (nSPS) is 10.5. The number of anilines is 3. The largest absolute Gasteiger partial charge is 0.397 e. The van der Waals surface area contributed by atoms with Crippen molar-refractivity contribution < 1.29 is 4.79 Å². The molecule has 3 aromatic rings. The number of ketones is 1. The van der Waals surface area contributed by atoms with Crippen LogP contribution in [0, 0.1) is 0 Å². The highest BCUT2D eigenvalue weighted by Gasteiger charge is 2.17. The smallest absolute Gasteiger partial charge is 0.205 e. The maximum Gasteiger partial charge on any atom is 0.205 e. The van der Waals surface area contributed by atoms with E-state index in [0.717, 1.165) is 11.4 Å². The van der Waals surface area contributed by atoms with Gasteiger partial charge in [0.15, 0.2) is 0 Å². The van der Waals surface area contributed by atoms with Gasteiger partial charge in [-0.05, 0) is 41.8 Å². The lowest BCUT2D eigenvalue weighted by atomic mass is 10.1. The van der Waals surface area contributed by atoms with Gasteiger partial charge in [0.2, 0.25) is 5.78 Å². The van der Waals surface area contributed by atoms with Crippen LogP contribution in [0.25, 0.3) is 0 Å². The summed E-state index contributed by atoms with van der Waals surface area (Å²) in [5.41, 5.74) is 8.49. The standard InChI is InChI=1S/C17H12Cl2N2OS/c18-12-7-8-23-17(12)16(22)11-6-5-10(9-13(11)19)21-15-4-2-1-3-14(15)20/h1-9,21H,20H2. The average Bonchev–Trinajstić information content (AvgIpc) is 2.95. The molecule has 0 unspecified atom stereocenters. The van der Waals surface area contributed by atoms with Gasteiger partial charge in [0.25, 0.3) is 0 Å². The van der Waals surface area contributed by atoms with Gasteiger partial charge in [0.1, 0.15) is 0 Å². The molecule has 0 spiro atoms. The van der Waals surface area contributed by atoms with Crippen LogP contribution < -0.4 is 11.1 Å². The topological polar surface area (TPSA) is 55.1 Å². The summed E-state index contributed by atoms with van der Waals surface area (Å²) in [6.45, 7) is 0. The number of hydrogen-bond donors (Lipinski definition) is 2. The van der Waals surface area contributed by atoms with E-state index in [0.29, 0.717) is 26.2 Å². The van der Waals surface area contributed by atoms with Crippen molar-refractivity contribution in [3.05, 3.63) is 74.4 Å². The highest BCUT2D eigenvalue weighted by molar-refractivity contribution is 7.13. The molecule has 0 radical (unpaired) electrons. The first kappa shape index (κ1) is 15.9. The van der Waals surface area contributed by atoms with E-state index in [1.54, 1.807) is 35.7 Å². The van der Waals surface area contributed by atoms with Crippen LogP contribution in [-0.4, -0.2) is 5.78 Å². The van der Waals surface area contributed by atoms with Crippen LogP contribution in [0.3, 0.4) is 0 Å². The van der Waals surface area contributed by atoms with E-state index < -0.39 is 0 Å². The highest BCUT2D eigenvalue weighted by Crippen LogP contribution is 2.30. The lowest BCUT2D eigenvalue weighted by Gasteiger charge is -2.11. The first-order valence-electron chi connectivity index (χ1n) is 6.75. The molecule has 0 amide bonds. The van der Waals surface area contributed by atoms with Crippen LogP contribution in [0.5, 0.6) is 0 Å². The number of nitrogens with one attached hydrogen (secondary N) is 1. The van der Waals surface area contributed by atoms with Crippen molar-refractivity contribution in [1.82, 2.24) is 0 Å². The number of para-hydroxylation sites is 2. The van der Waals surface area contributed by atoms with Gasteiger partial charge in [-0.3, -0.25) is 4.79 Å². The molecule has 6 heteroatoms. The van der Waals surface area contributed by atoms with Gasteiger partial charge >= 0.3 is 0 Å². The number of nitrogen functional groups attached to an aromatic ring is 1. The predicted molar refractivity (Wildman–Crippen MR) is 98.4 cm³/mol. The molecule has 23 heavy (non-hydrogen) atoms. The molecule has 1 heterocycles. The predicted octanol–water partition coefficient (Wildman–Crippen LogP) is 5.61. The second-order valence-corrected chi connectivity index (χ2v) is 6.56. The zero-order valence-electron chi connectivity index (χ0n) is 11.8. The minimum atomic E-state index is -0.180. The van der Waals surface area contributed by atoms with Gasteiger partial charge in [-0.2, -0.15) is 0 Å². The number of nitrogens with two attached hydrogens (primary N) is 1. The first-order valence-corrected chi connectivity index (χ1v) is 8.38. The number of rotatable bonds is 4. The number of carbonyl (C=O) groups excluding carboxylic acids is 1. The molecule has 0 aliphatic heterocycles. The quantitative estimate of drug-likeness (QED) is 0.468. The Hall–Kier alpha value is -2.01. The number of thiophene rings is 1. The minimum Gasteiger partial charge on any atom is -0.397 e. The molecule has 0 aliphatic rings. The van der Waals surface area contributed by atoms with E-state index in [1.807, 2.05) is 18.2 Å². The number of carbonyl (C=O) groups is 1. The van der Waals surface area contributed by atoms with Crippen molar-refractivity contribution in [2.24, 2.45) is 0 Å². The molecule has 116 valence electrons. The Morgan fingerprint density at radius 3 is 2.48 bits per heavy atom. The molecule has 0 atom stereocenters. The average molecular weight is 363 g/mol. The van der Waals surface area contributed by atoms with Gasteiger partial charge in [0, 0.05) is 11.3 Å². The summed E-state index contributed by atoms with van der Waals surface area (Å²) in [6, 6.07) is 14.3. The summed E-state index contributed by atoms with van der Waals surface area (Å²) in [5.74, 6) is -0.180. The summed E-state index contributed by atoms with van der Waals surface area (Å²) < 4.78 is 0. The third-order valence-electron chi connectivity index (χ3n) is 3.28. The Labute approximate surface area is 147 Å². The van der Waals surface area contributed by atoms with Crippen LogP contribution in [0.4, 0.5) is 17.1 Å². The lowest BCUT2D eigenvalue weighted by molar-refractivity contribution is 0.104. The third kappa shape index (κ3) is 3.34. The molecule has 0 saturated carbocycles. The van der Waals surface area contributed by atoms with E-state index in [1.165, 1.54) is 11.3 Å². The zero-order valence-corrected chi connectivity index (χ0v) is 14.2.